The summed E-state index contributed by atoms with van der Waals surface area (Å²) in [4.78, 5) is 0. The van der Waals surface area contributed by atoms with E-state index in [1.54, 1.807) is 0 Å². The van der Waals surface area contributed by atoms with Crippen LogP contribution in [-0.2, 0) is 0 Å². The monoisotopic (exact) mass is 332 g/mol. The SMILES string of the molecule is c1ccc(-c2ccc(OCCC34CC5CC(CC(C5)C3)C4)cc2)cc1. The van der Waals surface area contributed by atoms with Gasteiger partial charge >= 0.3 is 0 Å². The van der Waals surface area contributed by atoms with Crippen molar-refractivity contribution in [3.8, 4) is 16.9 Å². The third-order valence-electron chi connectivity index (χ3n) is 7.03. The van der Waals surface area contributed by atoms with Crippen molar-refractivity contribution in [3.63, 3.8) is 0 Å². The molecule has 0 N–H and O–H groups in total. The van der Waals surface area contributed by atoms with E-state index >= 15 is 0 Å². The lowest BCUT2D eigenvalue weighted by Crippen LogP contribution is -2.46. The van der Waals surface area contributed by atoms with Crippen LogP contribution in [0.4, 0.5) is 0 Å². The maximum atomic E-state index is 6.14. The Balaban J connectivity index is 1.20. The molecule has 0 radical (unpaired) electrons. The fraction of sp³-hybridized carbons (Fsp3) is 0.500. The van der Waals surface area contributed by atoms with Crippen LogP contribution >= 0.6 is 0 Å². The molecule has 4 bridgehead atoms. The Bertz CT molecular complexity index is 680. The Kier molecular flexibility index (Phi) is 3.84. The molecule has 4 aliphatic rings. The van der Waals surface area contributed by atoms with Crippen LogP contribution in [0.3, 0.4) is 0 Å². The van der Waals surface area contributed by atoms with Crippen LogP contribution in [0.1, 0.15) is 44.9 Å². The molecule has 0 aliphatic heterocycles. The molecule has 130 valence electrons. The van der Waals surface area contributed by atoms with Gasteiger partial charge in [0.05, 0.1) is 6.61 Å². The molecule has 4 saturated carbocycles. The third-order valence-corrected chi connectivity index (χ3v) is 7.03. The Morgan fingerprint density at radius 2 is 1.28 bits per heavy atom. The highest BCUT2D eigenvalue weighted by Crippen LogP contribution is 2.61. The number of hydrogen-bond acceptors (Lipinski definition) is 1. The summed E-state index contributed by atoms with van der Waals surface area (Å²) in [7, 11) is 0. The summed E-state index contributed by atoms with van der Waals surface area (Å²) in [6, 6.07) is 19.2. The summed E-state index contributed by atoms with van der Waals surface area (Å²) in [6.07, 6.45) is 10.3. The van der Waals surface area contributed by atoms with Crippen LogP contribution in [0.15, 0.2) is 54.6 Å². The Hall–Kier alpha value is -1.76. The Morgan fingerprint density at radius 1 is 0.720 bits per heavy atom. The predicted octanol–water partition coefficient (Wildman–Crippen LogP) is 6.34. The minimum atomic E-state index is 0.624. The van der Waals surface area contributed by atoms with Crippen LogP contribution in [0, 0.1) is 23.2 Å². The second-order valence-corrected chi connectivity index (χ2v) is 8.91. The molecule has 6 rings (SSSR count). The van der Waals surface area contributed by atoms with Gasteiger partial charge in [-0.2, -0.15) is 0 Å². The lowest BCUT2D eigenvalue weighted by molar-refractivity contribution is -0.0622. The van der Waals surface area contributed by atoms with Gasteiger partial charge in [0.1, 0.15) is 5.75 Å². The van der Waals surface area contributed by atoms with Gasteiger partial charge in [-0.3, -0.25) is 0 Å². The molecule has 1 heteroatoms. The minimum Gasteiger partial charge on any atom is -0.494 e. The van der Waals surface area contributed by atoms with E-state index in [0.29, 0.717) is 5.41 Å². The van der Waals surface area contributed by atoms with Gasteiger partial charge in [0.25, 0.3) is 0 Å². The number of ether oxygens (including phenoxy) is 1. The topological polar surface area (TPSA) is 9.23 Å². The minimum absolute atomic E-state index is 0.624. The van der Waals surface area contributed by atoms with Crippen LogP contribution in [0.5, 0.6) is 5.75 Å². The first-order chi connectivity index (χ1) is 12.3. The summed E-state index contributed by atoms with van der Waals surface area (Å²) in [5, 5.41) is 0. The lowest BCUT2D eigenvalue weighted by atomic mass is 9.49. The maximum Gasteiger partial charge on any atom is 0.119 e. The zero-order chi connectivity index (χ0) is 16.7. The summed E-state index contributed by atoms with van der Waals surface area (Å²) >= 11 is 0. The molecule has 4 aliphatic carbocycles. The number of hydrogen-bond donors (Lipinski definition) is 0. The molecule has 0 aromatic heterocycles. The zero-order valence-electron chi connectivity index (χ0n) is 15.0. The molecule has 0 atom stereocenters. The van der Waals surface area contributed by atoms with Gasteiger partial charge in [0.15, 0.2) is 0 Å². The van der Waals surface area contributed by atoms with Crippen molar-refractivity contribution in [2.24, 2.45) is 23.2 Å². The van der Waals surface area contributed by atoms with Crippen LogP contribution in [0.2, 0.25) is 0 Å². The van der Waals surface area contributed by atoms with Gasteiger partial charge in [-0.25, -0.2) is 0 Å². The Morgan fingerprint density at radius 3 is 1.88 bits per heavy atom. The van der Waals surface area contributed by atoms with Crippen molar-refractivity contribution in [2.75, 3.05) is 6.61 Å². The molecule has 2 aromatic rings. The summed E-state index contributed by atoms with van der Waals surface area (Å²) in [5.41, 5.74) is 3.15. The zero-order valence-corrected chi connectivity index (χ0v) is 15.0. The second kappa shape index (κ2) is 6.20. The predicted molar refractivity (Wildman–Crippen MR) is 103 cm³/mol. The van der Waals surface area contributed by atoms with Gasteiger partial charge in [0.2, 0.25) is 0 Å². The molecule has 0 amide bonds. The van der Waals surface area contributed by atoms with E-state index in [-0.39, 0.29) is 0 Å². The fourth-order valence-electron chi connectivity index (χ4n) is 6.36. The molecule has 0 unspecified atom stereocenters. The maximum absolute atomic E-state index is 6.14. The first kappa shape index (κ1) is 15.5. The van der Waals surface area contributed by atoms with Gasteiger partial charge in [-0.15, -0.1) is 0 Å². The first-order valence-electron chi connectivity index (χ1n) is 10.1. The van der Waals surface area contributed by atoms with Gasteiger partial charge in [0, 0.05) is 0 Å². The smallest absolute Gasteiger partial charge is 0.119 e. The number of rotatable bonds is 5. The van der Waals surface area contributed by atoms with E-state index in [1.165, 1.54) is 56.1 Å². The van der Waals surface area contributed by atoms with E-state index in [9.17, 15) is 0 Å². The third kappa shape index (κ3) is 3.10. The van der Waals surface area contributed by atoms with Gasteiger partial charge in [-0.1, -0.05) is 42.5 Å². The van der Waals surface area contributed by atoms with Gasteiger partial charge in [-0.05, 0) is 91.4 Å². The number of benzene rings is 2. The molecular weight excluding hydrogens is 304 g/mol. The first-order valence-corrected chi connectivity index (χ1v) is 10.1. The van der Waals surface area contributed by atoms with Crippen molar-refractivity contribution in [3.05, 3.63) is 54.6 Å². The summed E-state index contributed by atoms with van der Waals surface area (Å²) in [6.45, 7) is 0.886. The van der Waals surface area contributed by atoms with Crippen LogP contribution < -0.4 is 4.74 Å². The average Bonchev–Trinajstić information content (AvgIpc) is 2.62. The molecule has 1 nitrogen and oxygen atoms in total. The molecular formula is C24H28O. The normalized spacial score (nSPS) is 32.7. The van der Waals surface area contributed by atoms with Crippen LogP contribution in [0.25, 0.3) is 11.1 Å². The fourth-order valence-corrected chi connectivity index (χ4v) is 6.36. The van der Waals surface area contributed by atoms with Crippen molar-refractivity contribution in [1.29, 1.82) is 0 Å². The van der Waals surface area contributed by atoms with E-state index in [2.05, 4.69) is 54.6 Å². The molecule has 0 heterocycles. The van der Waals surface area contributed by atoms with Crippen molar-refractivity contribution < 1.29 is 4.74 Å². The van der Waals surface area contributed by atoms with Crippen molar-refractivity contribution in [2.45, 2.75) is 44.9 Å². The van der Waals surface area contributed by atoms with E-state index in [1.807, 2.05) is 0 Å². The average molecular weight is 332 g/mol. The lowest BCUT2D eigenvalue weighted by Gasteiger charge is -2.57. The van der Waals surface area contributed by atoms with Gasteiger partial charge < -0.3 is 4.74 Å². The summed E-state index contributed by atoms with van der Waals surface area (Å²) < 4.78 is 6.14. The van der Waals surface area contributed by atoms with E-state index < -0.39 is 0 Å². The molecule has 2 aromatic carbocycles. The highest BCUT2D eigenvalue weighted by Gasteiger charge is 2.50. The molecule has 0 saturated heterocycles. The highest BCUT2D eigenvalue weighted by atomic mass is 16.5. The Labute approximate surface area is 151 Å². The van der Waals surface area contributed by atoms with E-state index in [4.69, 9.17) is 4.74 Å². The molecule has 4 fully saturated rings. The molecule has 0 spiro atoms. The molecule has 25 heavy (non-hydrogen) atoms. The van der Waals surface area contributed by atoms with Crippen molar-refractivity contribution in [1.82, 2.24) is 0 Å². The van der Waals surface area contributed by atoms with Crippen molar-refractivity contribution >= 4 is 0 Å². The standard InChI is InChI=1S/C24H28O/c1-2-4-21(5-3-1)22-6-8-23(9-7-22)25-11-10-24-15-18-12-19(16-24)14-20(13-18)17-24/h1-9,18-20H,10-17H2. The summed E-state index contributed by atoms with van der Waals surface area (Å²) in [5.74, 6) is 4.13. The highest BCUT2D eigenvalue weighted by molar-refractivity contribution is 5.63. The van der Waals surface area contributed by atoms with Crippen LogP contribution in [-0.4, -0.2) is 6.61 Å². The van der Waals surface area contributed by atoms with E-state index in [0.717, 1.165) is 30.1 Å². The second-order valence-electron chi connectivity index (χ2n) is 8.91. The quantitative estimate of drug-likeness (QED) is 0.621. The largest absolute Gasteiger partial charge is 0.494 e.